The van der Waals surface area contributed by atoms with Gasteiger partial charge in [-0.1, -0.05) is 0 Å². The van der Waals surface area contributed by atoms with Crippen LogP contribution in [0.2, 0.25) is 0 Å². The van der Waals surface area contributed by atoms with Crippen LogP contribution in [0, 0.1) is 0 Å². The molecule has 0 aliphatic carbocycles. The number of ether oxygens (including phenoxy) is 2. The molecule has 0 saturated carbocycles. The molecule has 0 spiro atoms. The van der Waals surface area contributed by atoms with Crippen molar-refractivity contribution >= 4 is 19.7 Å². The van der Waals surface area contributed by atoms with Crippen LogP contribution in [-0.4, -0.2) is 60.4 Å². The Morgan fingerprint density at radius 2 is 1.09 bits per heavy atom. The van der Waals surface area contributed by atoms with Crippen molar-refractivity contribution in [2.45, 2.75) is 26.7 Å². The van der Waals surface area contributed by atoms with Crippen molar-refractivity contribution < 1.29 is 52.7 Å². The summed E-state index contributed by atoms with van der Waals surface area (Å²) < 4.78 is 18.7. The fourth-order valence-corrected chi connectivity index (χ4v) is 5.33. The van der Waals surface area contributed by atoms with Crippen LogP contribution in [0.25, 0.3) is 0 Å². The van der Waals surface area contributed by atoms with Crippen LogP contribution >= 0.6 is 0 Å². The topological polar surface area (TPSA) is 105 Å². The van der Waals surface area contributed by atoms with E-state index in [0.717, 1.165) is 0 Å². The number of ketones is 2. The number of hydrogen-bond acceptors (Lipinski definition) is 8. The summed E-state index contributed by atoms with van der Waals surface area (Å²) in [4.78, 5) is 48.0. The average Bonchev–Trinajstić information content (AvgIpc) is 2.52. The Kier molecular flexibility index (Phi) is 11.3. The quantitative estimate of drug-likeness (QED) is 0.319. The molecule has 132 valence electrons. The Hall–Kier alpha value is -0.766. The van der Waals surface area contributed by atoms with Crippen molar-refractivity contribution in [2.75, 3.05) is 40.6 Å². The van der Waals surface area contributed by atoms with Crippen LogP contribution in [0.4, 0.5) is 0 Å². The molecule has 0 atom stereocenters. The van der Waals surface area contributed by atoms with Gasteiger partial charge in [-0.3, -0.25) is 0 Å². The molecule has 0 heterocycles. The van der Waals surface area contributed by atoms with E-state index in [-0.39, 0.29) is 13.2 Å². The van der Waals surface area contributed by atoms with Gasteiger partial charge in [0, 0.05) is 0 Å². The monoisotopic (exact) mass is 368 g/mol. The third-order valence-corrected chi connectivity index (χ3v) is 7.60. The van der Waals surface area contributed by atoms with Gasteiger partial charge in [0.25, 0.3) is 0 Å². The maximum atomic E-state index is 12.3. The number of rotatable bonds is 14. The Morgan fingerprint density at radius 3 is 1.35 bits per heavy atom. The van der Waals surface area contributed by atoms with E-state index in [1.807, 2.05) is 0 Å². The molecular formula is C14H24O8Ti. The number of Topliss-reactive ketones (excluding diaryl/α,β-unsaturated/α-hetero) is 2. The first kappa shape index (κ1) is 22.2. The van der Waals surface area contributed by atoms with E-state index in [1.54, 1.807) is 13.8 Å². The average molecular weight is 368 g/mol. The predicted octanol–water partition coefficient (Wildman–Crippen LogP) is 0.308. The van der Waals surface area contributed by atoms with Crippen LogP contribution < -0.4 is 0 Å². The minimum absolute atomic E-state index is 0.217. The summed E-state index contributed by atoms with van der Waals surface area (Å²) in [6.07, 6.45) is -1.01. The van der Waals surface area contributed by atoms with Gasteiger partial charge in [-0.15, -0.1) is 0 Å². The van der Waals surface area contributed by atoms with Crippen molar-refractivity contribution in [3.8, 4) is 0 Å². The molecule has 0 bridgehead atoms. The first-order valence-electron chi connectivity index (χ1n) is 7.23. The molecule has 0 N–H and O–H groups in total. The molecule has 0 unspecified atom stereocenters. The summed E-state index contributed by atoms with van der Waals surface area (Å²) in [5.74, 6) is -0.927. The molecule has 0 aromatic carbocycles. The Balaban J connectivity index is 4.94. The summed E-state index contributed by atoms with van der Waals surface area (Å²) in [5.41, 5.74) is 0. The van der Waals surface area contributed by atoms with Gasteiger partial charge in [-0.2, -0.15) is 0 Å². The number of hydrogen-bond donors (Lipinski definition) is 0. The van der Waals surface area contributed by atoms with Gasteiger partial charge in [-0.25, -0.2) is 0 Å². The van der Waals surface area contributed by atoms with Gasteiger partial charge < -0.3 is 0 Å². The summed E-state index contributed by atoms with van der Waals surface area (Å²) in [7, 11) is 2.36. The second kappa shape index (κ2) is 11.7. The van der Waals surface area contributed by atoms with Crippen LogP contribution in [0.3, 0.4) is 0 Å². The normalized spacial score (nSPS) is 11.3. The zero-order valence-electron chi connectivity index (χ0n) is 14.0. The predicted molar refractivity (Wildman–Crippen MR) is 76.3 cm³/mol. The Morgan fingerprint density at radius 1 is 0.739 bits per heavy atom. The summed E-state index contributed by atoms with van der Waals surface area (Å²) in [5, 5.41) is 0. The molecular weight excluding hydrogens is 344 g/mol. The third-order valence-electron chi connectivity index (χ3n) is 2.96. The van der Waals surface area contributed by atoms with Crippen molar-refractivity contribution in [1.82, 2.24) is 0 Å². The Bertz CT molecular complexity index is 394. The van der Waals surface area contributed by atoms with Crippen LogP contribution in [0.15, 0.2) is 0 Å². The standard InChI is InChI=1S/2C6H9O3.2CH3O.Ti/c2*1-2-9-5-6(8)3-4-7;2*1-2;/h2*2-3,5H2,1H3;2*1H3;/q;;2*-1;+2. The summed E-state index contributed by atoms with van der Waals surface area (Å²) in [6.45, 7) is 3.68. The van der Waals surface area contributed by atoms with Crippen LogP contribution in [-0.2, 0) is 52.7 Å². The van der Waals surface area contributed by atoms with Crippen LogP contribution in [0.1, 0.15) is 26.7 Å². The first-order valence-corrected chi connectivity index (χ1v) is 10.1. The maximum absolute atomic E-state index is 12.3. The van der Waals surface area contributed by atoms with E-state index in [1.165, 1.54) is 14.2 Å². The minimum atomic E-state index is -4.58. The number of carbonyl (C=O) groups excluding carboxylic acids is 4. The molecule has 8 nitrogen and oxygen atoms in total. The van der Waals surface area contributed by atoms with Gasteiger partial charge in [0.2, 0.25) is 0 Å². The fourth-order valence-electron chi connectivity index (χ4n) is 1.82. The molecule has 0 aliphatic heterocycles. The van der Waals surface area contributed by atoms with Gasteiger partial charge >= 0.3 is 140 Å². The molecule has 0 amide bonds. The second-order valence-corrected chi connectivity index (χ2v) is 9.52. The molecule has 0 saturated heterocycles. The van der Waals surface area contributed by atoms with Gasteiger partial charge in [0.15, 0.2) is 0 Å². The van der Waals surface area contributed by atoms with E-state index in [2.05, 4.69) is 0 Å². The zero-order chi connectivity index (χ0) is 17.9. The summed E-state index contributed by atoms with van der Waals surface area (Å²) >= 11 is -4.58. The Labute approximate surface area is 140 Å². The van der Waals surface area contributed by atoms with Crippen molar-refractivity contribution in [2.24, 2.45) is 0 Å². The van der Waals surface area contributed by atoms with E-state index < -0.39 is 49.9 Å². The van der Waals surface area contributed by atoms with E-state index >= 15 is 0 Å². The molecule has 23 heavy (non-hydrogen) atoms. The molecule has 0 aromatic rings. The van der Waals surface area contributed by atoms with E-state index in [9.17, 15) is 19.2 Å². The van der Waals surface area contributed by atoms with E-state index in [0.29, 0.717) is 13.2 Å². The van der Waals surface area contributed by atoms with Crippen LogP contribution in [0.5, 0.6) is 0 Å². The van der Waals surface area contributed by atoms with Crippen molar-refractivity contribution in [3.63, 3.8) is 0 Å². The molecule has 0 radical (unpaired) electrons. The fraction of sp³-hybridized carbons (Fsp3) is 0.714. The second-order valence-electron chi connectivity index (χ2n) is 4.58. The first-order chi connectivity index (χ1) is 10.9. The van der Waals surface area contributed by atoms with Crippen molar-refractivity contribution in [3.05, 3.63) is 0 Å². The molecule has 0 aromatic heterocycles. The molecule has 0 fully saturated rings. The van der Waals surface area contributed by atoms with Gasteiger partial charge in [0.05, 0.1) is 0 Å². The third kappa shape index (κ3) is 7.11. The van der Waals surface area contributed by atoms with Gasteiger partial charge in [-0.05, 0) is 0 Å². The summed E-state index contributed by atoms with van der Waals surface area (Å²) in [6, 6.07) is 0. The SMILES string of the molecule is CCOCC(=O)C[C](=O)[Ti]([O]C)([O]C)[C](=O)CC(=O)COCC. The molecule has 9 heteroatoms. The molecule has 0 aliphatic rings. The number of carbonyl (C=O) groups is 4. The zero-order valence-corrected chi connectivity index (χ0v) is 15.6. The molecule has 0 rings (SSSR count). The van der Waals surface area contributed by atoms with Gasteiger partial charge in [0.1, 0.15) is 0 Å². The van der Waals surface area contributed by atoms with Crippen molar-refractivity contribution in [1.29, 1.82) is 0 Å². The van der Waals surface area contributed by atoms with E-state index in [4.69, 9.17) is 16.1 Å².